The first-order valence-corrected chi connectivity index (χ1v) is 6.58. The maximum Gasteiger partial charge on any atom is 0.130 e. The molecule has 0 aliphatic rings. The largest absolute Gasteiger partial charge is 0.271 e. The van der Waals surface area contributed by atoms with Gasteiger partial charge in [0.25, 0.3) is 0 Å². The maximum absolute atomic E-state index is 13.8. The molecule has 2 rings (SSSR count). The smallest absolute Gasteiger partial charge is 0.130 e. The van der Waals surface area contributed by atoms with E-state index in [9.17, 15) is 8.78 Å². The molecule has 106 valence electrons. The third-order valence-electron chi connectivity index (χ3n) is 3.51. The average molecular weight is 276 g/mol. The summed E-state index contributed by atoms with van der Waals surface area (Å²) in [6.45, 7) is 2.02. The quantitative estimate of drug-likeness (QED) is 0.649. The molecule has 0 amide bonds. The van der Waals surface area contributed by atoms with Crippen LogP contribution in [0.2, 0.25) is 0 Å². The summed E-state index contributed by atoms with van der Waals surface area (Å²) in [5.74, 6) is 4.32. The summed E-state index contributed by atoms with van der Waals surface area (Å²) < 4.78 is 27.5. The van der Waals surface area contributed by atoms with Gasteiger partial charge in [0.15, 0.2) is 0 Å². The molecular weight excluding hydrogens is 258 g/mol. The van der Waals surface area contributed by atoms with Gasteiger partial charge in [-0.1, -0.05) is 30.3 Å². The van der Waals surface area contributed by atoms with Crippen molar-refractivity contribution in [1.29, 1.82) is 0 Å². The van der Waals surface area contributed by atoms with Crippen molar-refractivity contribution in [2.24, 2.45) is 5.84 Å². The van der Waals surface area contributed by atoms with E-state index in [4.69, 9.17) is 5.84 Å². The normalized spacial score (nSPS) is 12.4. The highest BCUT2D eigenvalue weighted by Crippen LogP contribution is 2.24. The first-order valence-electron chi connectivity index (χ1n) is 6.58. The van der Waals surface area contributed by atoms with Crippen molar-refractivity contribution in [2.45, 2.75) is 25.8 Å². The Morgan fingerprint density at radius 1 is 1.05 bits per heavy atom. The lowest BCUT2D eigenvalue weighted by Crippen LogP contribution is -2.30. The summed E-state index contributed by atoms with van der Waals surface area (Å²) in [4.78, 5) is 0. The van der Waals surface area contributed by atoms with E-state index < -0.39 is 17.7 Å². The van der Waals surface area contributed by atoms with Gasteiger partial charge in [-0.15, -0.1) is 0 Å². The molecule has 4 heteroatoms. The fraction of sp³-hybridized carbons (Fsp3) is 0.250. The fourth-order valence-corrected chi connectivity index (χ4v) is 2.35. The molecule has 0 aliphatic heterocycles. The molecule has 0 heterocycles. The van der Waals surface area contributed by atoms with Crippen LogP contribution in [0.1, 0.15) is 29.2 Å². The van der Waals surface area contributed by atoms with Crippen molar-refractivity contribution in [2.75, 3.05) is 0 Å². The molecule has 0 aliphatic carbocycles. The van der Waals surface area contributed by atoms with Crippen LogP contribution in [0.15, 0.2) is 42.5 Å². The zero-order valence-corrected chi connectivity index (χ0v) is 11.4. The van der Waals surface area contributed by atoms with Crippen molar-refractivity contribution in [1.82, 2.24) is 5.43 Å². The number of aryl methyl sites for hydroxylation is 2. The van der Waals surface area contributed by atoms with Gasteiger partial charge in [0, 0.05) is 5.56 Å². The van der Waals surface area contributed by atoms with E-state index in [2.05, 4.69) is 5.43 Å². The van der Waals surface area contributed by atoms with Crippen LogP contribution in [0.4, 0.5) is 8.78 Å². The number of benzene rings is 2. The van der Waals surface area contributed by atoms with E-state index >= 15 is 0 Å². The van der Waals surface area contributed by atoms with Gasteiger partial charge in [-0.2, -0.15) is 0 Å². The Morgan fingerprint density at radius 3 is 2.30 bits per heavy atom. The third kappa shape index (κ3) is 3.21. The van der Waals surface area contributed by atoms with Gasteiger partial charge in [0.1, 0.15) is 11.6 Å². The van der Waals surface area contributed by atoms with E-state index in [0.717, 1.165) is 11.1 Å². The Labute approximate surface area is 117 Å². The predicted molar refractivity (Wildman–Crippen MR) is 75.9 cm³/mol. The molecule has 0 spiro atoms. The second-order valence-corrected chi connectivity index (χ2v) is 4.82. The summed E-state index contributed by atoms with van der Waals surface area (Å²) >= 11 is 0. The van der Waals surface area contributed by atoms with Gasteiger partial charge >= 0.3 is 0 Å². The highest BCUT2D eigenvalue weighted by Gasteiger charge is 2.18. The van der Waals surface area contributed by atoms with Crippen LogP contribution in [0.3, 0.4) is 0 Å². The molecule has 0 saturated heterocycles. The Hall–Kier alpha value is -1.78. The molecule has 0 radical (unpaired) electrons. The van der Waals surface area contributed by atoms with E-state index in [1.807, 2.05) is 31.2 Å². The van der Waals surface area contributed by atoms with E-state index in [-0.39, 0.29) is 5.56 Å². The number of halogens is 2. The zero-order chi connectivity index (χ0) is 14.5. The molecule has 2 aromatic rings. The molecule has 1 atom stereocenters. The highest BCUT2D eigenvalue weighted by molar-refractivity contribution is 5.27. The lowest BCUT2D eigenvalue weighted by molar-refractivity contribution is 0.454. The molecule has 3 N–H and O–H groups in total. The number of hydrogen-bond donors (Lipinski definition) is 2. The fourth-order valence-electron chi connectivity index (χ4n) is 2.35. The minimum atomic E-state index is -0.572. The van der Waals surface area contributed by atoms with Crippen LogP contribution in [0.5, 0.6) is 0 Å². The van der Waals surface area contributed by atoms with Crippen molar-refractivity contribution in [3.05, 3.63) is 70.8 Å². The van der Waals surface area contributed by atoms with Crippen LogP contribution >= 0.6 is 0 Å². The second-order valence-electron chi connectivity index (χ2n) is 4.82. The molecule has 20 heavy (non-hydrogen) atoms. The first-order chi connectivity index (χ1) is 9.63. The Balaban J connectivity index is 2.16. The summed E-state index contributed by atoms with van der Waals surface area (Å²) in [5.41, 5.74) is 4.83. The molecule has 0 aromatic heterocycles. The van der Waals surface area contributed by atoms with Crippen LogP contribution in [-0.4, -0.2) is 0 Å². The summed E-state index contributed by atoms with van der Waals surface area (Å²) in [6.07, 6.45) is 1.23. The van der Waals surface area contributed by atoms with Gasteiger partial charge < -0.3 is 0 Å². The molecule has 0 bridgehead atoms. The molecule has 1 unspecified atom stereocenters. The minimum Gasteiger partial charge on any atom is -0.271 e. The number of nitrogens with two attached hydrogens (primary N) is 1. The maximum atomic E-state index is 13.8. The van der Waals surface area contributed by atoms with E-state index in [0.29, 0.717) is 12.8 Å². The molecule has 2 nitrogen and oxygen atoms in total. The van der Waals surface area contributed by atoms with Crippen molar-refractivity contribution in [3.8, 4) is 0 Å². The topological polar surface area (TPSA) is 38.0 Å². The van der Waals surface area contributed by atoms with Gasteiger partial charge in [-0.3, -0.25) is 11.3 Å². The Bertz CT molecular complexity index is 564. The van der Waals surface area contributed by atoms with E-state index in [1.54, 1.807) is 0 Å². The lowest BCUT2D eigenvalue weighted by Gasteiger charge is -2.18. The van der Waals surface area contributed by atoms with Crippen LogP contribution in [-0.2, 0) is 6.42 Å². The first kappa shape index (κ1) is 14.6. The van der Waals surface area contributed by atoms with Gasteiger partial charge in [-0.05, 0) is 43.0 Å². The number of nitrogens with one attached hydrogen (secondary N) is 1. The third-order valence-corrected chi connectivity index (χ3v) is 3.51. The zero-order valence-electron chi connectivity index (χ0n) is 11.4. The Kier molecular flexibility index (Phi) is 4.82. The summed E-state index contributed by atoms with van der Waals surface area (Å²) in [6, 6.07) is 11.3. The van der Waals surface area contributed by atoms with Gasteiger partial charge in [0.05, 0.1) is 6.04 Å². The van der Waals surface area contributed by atoms with Gasteiger partial charge in [0.2, 0.25) is 0 Å². The summed E-state index contributed by atoms with van der Waals surface area (Å²) in [5, 5.41) is 0. The van der Waals surface area contributed by atoms with Crippen LogP contribution in [0, 0.1) is 18.6 Å². The monoisotopic (exact) mass is 276 g/mol. The van der Waals surface area contributed by atoms with Crippen LogP contribution in [0.25, 0.3) is 0 Å². The second kappa shape index (κ2) is 6.59. The molecule has 0 saturated carbocycles. The van der Waals surface area contributed by atoms with Crippen molar-refractivity contribution in [3.63, 3.8) is 0 Å². The van der Waals surface area contributed by atoms with Crippen molar-refractivity contribution >= 4 is 0 Å². The number of hydrogen-bond acceptors (Lipinski definition) is 2. The number of rotatable bonds is 5. The average Bonchev–Trinajstić information content (AvgIpc) is 2.43. The molecule has 2 aromatic carbocycles. The van der Waals surface area contributed by atoms with Crippen LogP contribution < -0.4 is 11.3 Å². The number of hydrazine groups is 1. The predicted octanol–water partition coefficient (Wildman–Crippen LogP) is 3.41. The Morgan fingerprint density at radius 2 is 1.70 bits per heavy atom. The lowest BCUT2D eigenvalue weighted by atomic mass is 9.96. The summed E-state index contributed by atoms with van der Waals surface area (Å²) in [7, 11) is 0. The van der Waals surface area contributed by atoms with Crippen molar-refractivity contribution < 1.29 is 8.78 Å². The molecule has 0 fully saturated rings. The van der Waals surface area contributed by atoms with Gasteiger partial charge in [-0.25, -0.2) is 8.78 Å². The standard InChI is InChI=1S/C16H18F2N2/c1-11-5-2-3-6-12(11)9-10-15(20-19)16-13(17)7-4-8-14(16)18/h2-8,15,20H,9-10,19H2,1H3. The minimum absolute atomic E-state index is 0.00332. The SMILES string of the molecule is Cc1ccccc1CCC(NN)c1c(F)cccc1F. The molecular formula is C16H18F2N2. The van der Waals surface area contributed by atoms with E-state index in [1.165, 1.54) is 18.2 Å². The highest BCUT2D eigenvalue weighted by atomic mass is 19.1.